The fraction of sp³-hybridized carbons (Fsp3) is 0.417. The number of imidazole rings is 1. The number of pyridine rings is 1. The second kappa shape index (κ2) is 4.45. The number of fused-ring (bicyclic) bond motifs is 1. The van der Waals surface area contributed by atoms with Gasteiger partial charge in [0.15, 0.2) is 5.65 Å². The molecule has 0 spiro atoms. The van der Waals surface area contributed by atoms with E-state index in [2.05, 4.69) is 40.8 Å². The number of nitrogen functional groups attached to an aromatic ring is 1. The van der Waals surface area contributed by atoms with Crippen molar-refractivity contribution in [3.8, 4) is 0 Å². The number of halogens is 1. The predicted molar refractivity (Wildman–Crippen MR) is 70.7 cm³/mol. The van der Waals surface area contributed by atoms with Gasteiger partial charge < -0.3 is 5.73 Å². The molecule has 2 heterocycles. The van der Waals surface area contributed by atoms with Gasteiger partial charge in [-0.1, -0.05) is 13.3 Å². The van der Waals surface area contributed by atoms with Gasteiger partial charge in [-0.05, 0) is 47.3 Å². The Hall–Kier alpha value is -1.03. The van der Waals surface area contributed by atoms with E-state index in [9.17, 15) is 0 Å². The summed E-state index contributed by atoms with van der Waals surface area (Å²) < 4.78 is 2.96. The molecule has 16 heavy (non-hydrogen) atoms. The van der Waals surface area contributed by atoms with E-state index in [1.807, 2.05) is 10.6 Å². The number of aromatic nitrogens is 2. The third-order valence-corrected chi connectivity index (χ3v) is 3.28. The van der Waals surface area contributed by atoms with Crippen molar-refractivity contribution in [1.82, 2.24) is 9.38 Å². The lowest BCUT2D eigenvalue weighted by molar-refractivity contribution is 0.783. The number of nitrogens with two attached hydrogens (primary N) is 1. The lowest BCUT2D eigenvalue weighted by Gasteiger charge is -2.00. The lowest BCUT2D eigenvalue weighted by Crippen LogP contribution is -1.97. The van der Waals surface area contributed by atoms with Crippen molar-refractivity contribution in [3.63, 3.8) is 0 Å². The lowest BCUT2D eigenvalue weighted by atomic mass is 10.2. The van der Waals surface area contributed by atoms with E-state index in [4.69, 9.17) is 5.73 Å². The Morgan fingerprint density at radius 3 is 2.94 bits per heavy atom. The van der Waals surface area contributed by atoms with Crippen molar-refractivity contribution >= 4 is 27.4 Å². The molecule has 0 bridgehead atoms. The van der Waals surface area contributed by atoms with Gasteiger partial charge >= 0.3 is 0 Å². The molecule has 0 saturated heterocycles. The number of rotatable bonds is 3. The van der Waals surface area contributed by atoms with E-state index in [0.29, 0.717) is 0 Å². The van der Waals surface area contributed by atoms with Crippen molar-refractivity contribution in [1.29, 1.82) is 0 Å². The molecular weight excluding hydrogens is 266 g/mol. The molecule has 2 aromatic heterocycles. The maximum absolute atomic E-state index is 6.10. The molecule has 0 atom stereocenters. The highest BCUT2D eigenvalue weighted by atomic mass is 79.9. The van der Waals surface area contributed by atoms with Gasteiger partial charge in [0.2, 0.25) is 0 Å². The van der Waals surface area contributed by atoms with Gasteiger partial charge in [0.05, 0.1) is 10.2 Å². The van der Waals surface area contributed by atoms with Gasteiger partial charge in [0, 0.05) is 6.20 Å². The average molecular weight is 282 g/mol. The molecule has 0 aliphatic heterocycles. The van der Waals surface area contributed by atoms with Crippen LogP contribution in [-0.2, 0) is 6.42 Å². The first kappa shape index (κ1) is 11.5. The first-order chi connectivity index (χ1) is 7.63. The van der Waals surface area contributed by atoms with Crippen molar-refractivity contribution in [3.05, 3.63) is 28.0 Å². The zero-order valence-electron chi connectivity index (χ0n) is 9.63. The molecule has 0 aromatic carbocycles. The smallest absolute Gasteiger partial charge is 0.153 e. The summed E-state index contributed by atoms with van der Waals surface area (Å²) in [7, 11) is 0. The fourth-order valence-corrected chi connectivity index (χ4v) is 2.47. The number of hydrogen-bond acceptors (Lipinski definition) is 2. The van der Waals surface area contributed by atoms with Gasteiger partial charge in [-0.3, -0.25) is 4.40 Å². The quantitative estimate of drug-likeness (QED) is 0.938. The maximum atomic E-state index is 6.10. The van der Waals surface area contributed by atoms with Crippen LogP contribution in [-0.4, -0.2) is 9.38 Å². The molecule has 4 heteroatoms. The molecule has 2 aromatic rings. The predicted octanol–water partition coefficient (Wildman–Crippen LogP) is 3.33. The molecule has 0 saturated carbocycles. The first-order valence-corrected chi connectivity index (χ1v) is 6.35. The van der Waals surface area contributed by atoms with Gasteiger partial charge in [-0.2, -0.15) is 0 Å². The first-order valence-electron chi connectivity index (χ1n) is 5.56. The third-order valence-electron chi connectivity index (χ3n) is 2.69. The highest BCUT2D eigenvalue weighted by molar-refractivity contribution is 9.10. The maximum Gasteiger partial charge on any atom is 0.153 e. The fourth-order valence-electron chi connectivity index (χ4n) is 1.82. The standard InChI is InChI=1S/C12H16BrN3/c1-3-4-5-10-11(14)16-7-8(2)6-9(13)12(16)15-10/h6-7H,3-5,14H2,1-2H3. The van der Waals surface area contributed by atoms with Crippen LogP contribution in [0.5, 0.6) is 0 Å². The van der Waals surface area contributed by atoms with E-state index in [1.54, 1.807) is 0 Å². The van der Waals surface area contributed by atoms with E-state index in [0.717, 1.165) is 40.9 Å². The van der Waals surface area contributed by atoms with Gasteiger partial charge in [0.25, 0.3) is 0 Å². The van der Waals surface area contributed by atoms with Crippen LogP contribution < -0.4 is 5.73 Å². The van der Waals surface area contributed by atoms with Crippen LogP contribution in [0, 0.1) is 6.92 Å². The van der Waals surface area contributed by atoms with Crippen LogP contribution >= 0.6 is 15.9 Å². The molecule has 0 aliphatic carbocycles. The van der Waals surface area contributed by atoms with E-state index in [-0.39, 0.29) is 0 Å². The average Bonchev–Trinajstić information content (AvgIpc) is 2.54. The van der Waals surface area contributed by atoms with E-state index >= 15 is 0 Å². The molecule has 0 fully saturated rings. The molecule has 0 aliphatic rings. The number of nitrogens with zero attached hydrogens (tertiary/aromatic N) is 2. The van der Waals surface area contributed by atoms with Crippen LogP contribution in [0.4, 0.5) is 5.82 Å². The van der Waals surface area contributed by atoms with Crippen molar-refractivity contribution in [2.24, 2.45) is 0 Å². The Labute approximate surface area is 104 Å². The van der Waals surface area contributed by atoms with Crippen molar-refractivity contribution in [2.75, 3.05) is 5.73 Å². The molecule has 2 rings (SSSR count). The van der Waals surface area contributed by atoms with E-state index < -0.39 is 0 Å². The van der Waals surface area contributed by atoms with Crippen LogP contribution in [0.1, 0.15) is 31.0 Å². The summed E-state index contributed by atoms with van der Waals surface area (Å²) in [6, 6.07) is 2.06. The van der Waals surface area contributed by atoms with Crippen LogP contribution in [0.15, 0.2) is 16.7 Å². The zero-order chi connectivity index (χ0) is 11.7. The summed E-state index contributed by atoms with van der Waals surface area (Å²) in [6.45, 7) is 4.22. The zero-order valence-corrected chi connectivity index (χ0v) is 11.2. The molecular formula is C12H16BrN3. The van der Waals surface area contributed by atoms with Crippen LogP contribution in [0.2, 0.25) is 0 Å². The Morgan fingerprint density at radius 1 is 1.50 bits per heavy atom. The Balaban J connectivity index is 2.54. The Morgan fingerprint density at radius 2 is 2.25 bits per heavy atom. The second-order valence-electron chi connectivity index (χ2n) is 4.11. The minimum absolute atomic E-state index is 0.771. The Kier molecular flexibility index (Phi) is 3.19. The van der Waals surface area contributed by atoms with Gasteiger partial charge in [-0.15, -0.1) is 0 Å². The summed E-state index contributed by atoms with van der Waals surface area (Å²) in [4.78, 5) is 4.58. The van der Waals surface area contributed by atoms with Gasteiger partial charge in [0.1, 0.15) is 5.82 Å². The molecule has 0 amide bonds. The van der Waals surface area contributed by atoms with Crippen molar-refractivity contribution in [2.45, 2.75) is 33.1 Å². The minimum Gasteiger partial charge on any atom is -0.383 e. The highest BCUT2D eigenvalue weighted by Crippen LogP contribution is 2.24. The minimum atomic E-state index is 0.771. The molecule has 0 radical (unpaired) electrons. The molecule has 3 nitrogen and oxygen atoms in total. The summed E-state index contributed by atoms with van der Waals surface area (Å²) in [5.74, 6) is 0.771. The third kappa shape index (κ3) is 1.94. The Bertz CT molecular complexity index is 516. The number of unbranched alkanes of at least 4 members (excludes halogenated alkanes) is 1. The molecule has 0 unspecified atom stereocenters. The summed E-state index contributed by atoms with van der Waals surface area (Å²) in [5, 5.41) is 0. The monoisotopic (exact) mass is 281 g/mol. The summed E-state index contributed by atoms with van der Waals surface area (Å²) in [6.07, 6.45) is 5.27. The molecule has 2 N–H and O–H groups in total. The number of anilines is 1. The van der Waals surface area contributed by atoms with Gasteiger partial charge in [-0.25, -0.2) is 4.98 Å². The topological polar surface area (TPSA) is 43.3 Å². The summed E-state index contributed by atoms with van der Waals surface area (Å²) >= 11 is 3.52. The second-order valence-corrected chi connectivity index (χ2v) is 4.96. The van der Waals surface area contributed by atoms with Crippen LogP contribution in [0.3, 0.4) is 0 Å². The highest BCUT2D eigenvalue weighted by Gasteiger charge is 2.11. The number of hydrogen-bond donors (Lipinski definition) is 1. The molecule has 86 valence electrons. The van der Waals surface area contributed by atoms with Crippen LogP contribution in [0.25, 0.3) is 5.65 Å². The summed E-state index contributed by atoms with van der Waals surface area (Å²) in [5.41, 5.74) is 9.19. The number of aryl methyl sites for hydroxylation is 2. The normalized spacial score (nSPS) is 11.2. The SMILES string of the molecule is CCCCc1nc2c(Br)cc(C)cn2c1N. The van der Waals surface area contributed by atoms with Crippen molar-refractivity contribution < 1.29 is 0 Å². The largest absolute Gasteiger partial charge is 0.383 e. The van der Waals surface area contributed by atoms with E-state index in [1.165, 1.54) is 5.56 Å².